The highest BCUT2D eigenvalue weighted by molar-refractivity contribution is 5.93. The van der Waals surface area contributed by atoms with Gasteiger partial charge in [-0.1, -0.05) is 24.8 Å². The Morgan fingerprint density at radius 2 is 2.28 bits per heavy atom. The molecule has 4 heteroatoms. The number of hydrogen-bond acceptors (Lipinski definition) is 3. The number of rotatable bonds is 5. The van der Waals surface area contributed by atoms with Crippen molar-refractivity contribution in [3.05, 3.63) is 55.0 Å². The van der Waals surface area contributed by atoms with Gasteiger partial charge in [-0.3, -0.25) is 0 Å². The first-order valence-electron chi connectivity index (χ1n) is 5.37. The Hall–Kier alpha value is -2.49. The Labute approximate surface area is 104 Å². The molecule has 0 saturated carbocycles. The van der Waals surface area contributed by atoms with Crippen LogP contribution in [0.2, 0.25) is 0 Å². The molecule has 0 spiro atoms. The number of benzene rings is 1. The lowest BCUT2D eigenvalue weighted by atomic mass is 10.1. The summed E-state index contributed by atoms with van der Waals surface area (Å²) in [6, 6.07) is 8.79. The van der Waals surface area contributed by atoms with Crippen LogP contribution in [0, 0.1) is 0 Å². The summed E-state index contributed by atoms with van der Waals surface area (Å²) in [6.45, 7) is 3.97. The zero-order chi connectivity index (χ0) is 13.0. The van der Waals surface area contributed by atoms with E-state index in [4.69, 9.17) is 14.3 Å². The fourth-order valence-corrected chi connectivity index (χ4v) is 1.61. The van der Waals surface area contributed by atoms with Gasteiger partial charge in [-0.25, -0.2) is 4.79 Å². The van der Waals surface area contributed by atoms with Gasteiger partial charge in [-0.2, -0.15) is 0 Å². The molecule has 0 aliphatic heterocycles. The van der Waals surface area contributed by atoms with Gasteiger partial charge in [0.2, 0.25) is 5.76 Å². The highest BCUT2D eigenvalue weighted by Gasteiger charge is 2.15. The molecule has 2 aromatic rings. The smallest absolute Gasteiger partial charge is 0.372 e. The average Bonchev–Trinajstić information content (AvgIpc) is 2.86. The van der Waals surface area contributed by atoms with Gasteiger partial charge in [0, 0.05) is 5.56 Å². The Morgan fingerprint density at radius 3 is 3.00 bits per heavy atom. The minimum atomic E-state index is -1.09. The molecule has 92 valence electrons. The summed E-state index contributed by atoms with van der Waals surface area (Å²) in [4.78, 5) is 11.0. The van der Waals surface area contributed by atoms with Crippen LogP contribution >= 0.6 is 0 Å². The Kier molecular flexibility index (Phi) is 3.48. The predicted octanol–water partition coefficient (Wildman–Crippen LogP) is 3.21. The van der Waals surface area contributed by atoms with Crippen molar-refractivity contribution in [1.82, 2.24) is 0 Å². The summed E-state index contributed by atoms with van der Waals surface area (Å²) >= 11 is 0. The largest absolute Gasteiger partial charge is 0.490 e. The molecule has 1 heterocycles. The topological polar surface area (TPSA) is 59.7 Å². The standard InChI is InChI=1S/C14H12O4/c1-2-7-17-11-5-3-4-10(9-11)12-6-8-18-13(12)14(15)16/h2-6,8-9H,1,7H2,(H,15,16). The Balaban J connectivity index is 2.35. The van der Waals surface area contributed by atoms with E-state index < -0.39 is 5.97 Å². The molecule has 1 aromatic carbocycles. The van der Waals surface area contributed by atoms with Crippen molar-refractivity contribution in [3.63, 3.8) is 0 Å². The second kappa shape index (κ2) is 5.23. The Bertz CT molecular complexity index is 569. The molecule has 0 fully saturated rings. The lowest BCUT2D eigenvalue weighted by Gasteiger charge is -2.05. The maximum absolute atomic E-state index is 11.0. The normalized spacial score (nSPS) is 10.0. The maximum atomic E-state index is 11.0. The first-order valence-corrected chi connectivity index (χ1v) is 5.37. The van der Waals surface area contributed by atoms with E-state index >= 15 is 0 Å². The molecule has 2 rings (SSSR count). The van der Waals surface area contributed by atoms with Crippen molar-refractivity contribution in [2.24, 2.45) is 0 Å². The number of ether oxygens (including phenoxy) is 1. The molecule has 1 aromatic heterocycles. The number of carboxylic acid groups (broad SMARTS) is 1. The molecular weight excluding hydrogens is 232 g/mol. The third kappa shape index (κ3) is 2.43. The van der Waals surface area contributed by atoms with Crippen LogP contribution in [0.15, 0.2) is 53.7 Å². The van der Waals surface area contributed by atoms with Crippen molar-refractivity contribution in [2.75, 3.05) is 6.61 Å². The first-order chi connectivity index (χ1) is 8.72. The summed E-state index contributed by atoms with van der Waals surface area (Å²) < 4.78 is 10.3. The minimum Gasteiger partial charge on any atom is -0.490 e. The monoisotopic (exact) mass is 244 g/mol. The van der Waals surface area contributed by atoms with Crippen molar-refractivity contribution >= 4 is 5.97 Å². The van der Waals surface area contributed by atoms with Crippen LogP contribution in [0.4, 0.5) is 0 Å². The number of aromatic carboxylic acids is 1. The van der Waals surface area contributed by atoms with Crippen molar-refractivity contribution < 1.29 is 19.1 Å². The summed E-state index contributed by atoms with van der Waals surface area (Å²) in [6.07, 6.45) is 3.00. The van der Waals surface area contributed by atoms with E-state index in [1.807, 2.05) is 0 Å². The van der Waals surface area contributed by atoms with Crippen LogP contribution in [0.5, 0.6) is 5.75 Å². The summed E-state index contributed by atoms with van der Waals surface area (Å²) in [5, 5.41) is 8.99. The molecule has 0 atom stereocenters. The second-order valence-electron chi connectivity index (χ2n) is 3.60. The number of furan rings is 1. The molecule has 0 aliphatic carbocycles. The number of carboxylic acids is 1. The van der Waals surface area contributed by atoms with Gasteiger partial charge >= 0.3 is 5.97 Å². The first kappa shape index (κ1) is 12.0. The van der Waals surface area contributed by atoms with Gasteiger partial charge in [-0.05, 0) is 23.8 Å². The van der Waals surface area contributed by atoms with Crippen LogP contribution in [-0.2, 0) is 0 Å². The third-order valence-electron chi connectivity index (χ3n) is 2.37. The molecule has 0 saturated heterocycles. The molecule has 0 radical (unpaired) electrons. The van der Waals surface area contributed by atoms with E-state index in [9.17, 15) is 4.79 Å². The van der Waals surface area contributed by atoms with Crippen LogP contribution in [0.1, 0.15) is 10.6 Å². The Morgan fingerprint density at radius 1 is 1.44 bits per heavy atom. The second-order valence-corrected chi connectivity index (χ2v) is 3.60. The number of carbonyl (C=O) groups is 1. The van der Waals surface area contributed by atoms with Crippen molar-refractivity contribution in [3.8, 4) is 16.9 Å². The lowest BCUT2D eigenvalue weighted by molar-refractivity contribution is 0.0663. The predicted molar refractivity (Wildman–Crippen MR) is 66.8 cm³/mol. The van der Waals surface area contributed by atoms with E-state index in [0.29, 0.717) is 17.9 Å². The zero-order valence-electron chi connectivity index (χ0n) is 9.63. The van der Waals surface area contributed by atoms with E-state index in [0.717, 1.165) is 5.56 Å². The van der Waals surface area contributed by atoms with E-state index in [1.165, 1.54) is 6.26 Å². The van der Waals surface area contributed by atoms with Crippen LogP contribution < -0.4 is 4.74 Å². The zero-order valence-corrected chi connectivity index (χ0v) is 9.63. The van der Waals surface area contributed by atoms with Gasteiger partial charge in [0.05, 0.1) is 6.26 Å². The van der Waals surface area contributed by atoms with Crippen molar-refractivity contribution in [1.29, 1.82) is 0 Å². The summed E-state index contributed by atoms with van der Waals surface area (Å²) in [7, 11) is 0. The third-order valence-corrected chi connectivity index (χ3v) is 2.37. The van der Waals surface area contributed by atoms with Gasteiger partial charge in [0.15, 0.2) is 0 Å². The maximum Gasteiger partial charge on any atom is 0.372 e. The van der Waals surface area contributed by atoms with Crippen LogP contribution in [0.3, 0.4) is 0 Å². The van der Waals surface area contributed by atoms with E-state index in [2.05, 4.69) is 6.58 Å². The highest BCUT2D eigenvalue weighted by Crippen LogP contribution is 2.27. The lowest BCUT2D eigenvalue weighted by Crippen LogP contribution is -1.96. The molecule has 1 N–H and O–H groups in total. The molecule has 0 unspecified atom stereocenters. The van der Waals surface area contributed by atoms with Crippen molar-refractivity contribution in [2.45, 2.75) is 0 Å². The van der Waals surface area contributed by atoms with E-state index in [-0.39, 0.29) is 5.76 Å². The SMILES string of the molecule is C=CCOc1cccc(-c2ccoc2C(=O)O)c1. The summed E-state index contributed by atoms with van der Waals surface area (Å²) in [5.41, 5.74) is 1.27. The van der Waals surface area contributed by atoms with Crippen LogP contribution in [-0.4, -0.2) is 17.7 Å². The molecule has 18 heavy (non-hydrogen) atoms. The van der Waals surface area contributed by atoms with Gasteiger partial charge in [-0.15, -0.1) is 0 Å². The van der Waals surface area contributed by atoms with E-state index in [1.54, 1.807) is 36.4 Å². The quantitative estimate of drug-likeness (QED) is 0.820. The molecule has 0 bridgehead atoms. The molecule has 4 nitrogen and oxygen atoms in total. The molecule has 0 amide bonds. The van der Waals surface area contributed by atoms with Gasteiger partial charge in [0.1, 0.15) is 12.4 Å². The molecular formula is C14H12O4. The summed E-state index contributed by atoms with van der Waals surface area (Å²) in [5.74, 6) is -0.506. The molecule has 0 aliphatic rings. The van der Waals surface area contributed by atoms with Gasteiger partial charge < -0.3 is 14.3 Å². The average molecular weight is 244 g/mol. The van der Waals surface area contributed by atoms with Crippen LogP contribution in [0.25, 0.3) is 11.1 Å². The fraction of sp³-hybridized carbons (Fsp3) is 0.0714. The minimum absolute atomic E-state index is 0.0733. The fourth-order valence-electron chi connectivity index (χ4n) is 1.61. The highest BCUT2D eigenvalue weighted by atomic mass is 16.5. The van der Waals surface area contributed by atoms with Gasteiger partial charge in [0.25, 0.3) is 0 Å². The number of hydrogen-bond donors (Lipinski definition) is 1.